The van der Waals surface area contributed by atoms with Crippen molar-refractivity contribution < 1.29 is 19.1 Å². The molecule has 0 saturated heterocycles. The maximum atomic E-state index is 12.2. The number of aldehydes is 1. The molecule has 0 aliphatic heterocycles. The zero-order valence-electron chi connectivity index (χ0n) is 15.7. The summed E-state index contributed by atoms with van der Waals surface area (Å²) >= 11 is 6.03. The molecule has 0 heterocycles. The molecule has 1 N–H and O–H groups in total. The summed E-state index contributed by atoms with van der Waals surface area (Å²) in [5.41, 5.74) is 0.883. The molecular formula is C21H24ClNO4. The number of carbonyl (C=O) groups excluding carboxylic acids is 2. The zero-order valence-corrected chi connectivity index (χ0v) is 16.5. The van der Waals surface area contributed by atoms with E-state index in [-0.39, 0.29) is 12.6 Å². The maximum absolute atomic E-state index is 12.2. The Kier molecular flexibility index (Phi) is 7.25. The molecule has 2 aromatic rings. The molecule has 2 rings (SSSR count). The molecule has 0 aliphatic carbocycles. The number of hydrogen-bond acceptors (Lipinski definition) is 4. The van der Waals surface area contributed by atoms with Crippen molar-refractivity contribution in [3.63, 3.8) is 0 Å². The van der Waals surface area contributed by atoms with Gasteiger partial charge in [-0.15, -0.1) is 0 Å². The highest BCUT2D eigenvalue weighted by atomic mass is 35.5. The topological polar surface area (TPSA) is 64.6 Å². The van der Waals surface area contributed by atoms with E-state index in [9.17, 15) is 9.59 Å². The van der Waals surface area contributed by atoms with E-state index in [1.54, 1.807) is 18.2 Å². The first-order valence-electron chi connectivity index (χ1n) is 8.68. The summed E-state index contributed by atoms with van der Waals surface area (Å²) in [6.07, 6.45) is 0.774. The van der Waals surface area contributed by atoms with E-state index in [1.807, 2.05) is 51.1 Å². The number of nitrogens with one attached hydrogen (secondary N) is 1. The molecule has 0 bridgehead atoms. The van der Waals surface area contributed by atoms with E-state index in [0.29, 0.717) is 29.0 Å². The molecule has 1 atom stereocenters. The third kappa shape index (κ3) is 7.31. The van der Waals surface area contributed by atoms with Crippen LogP contribution < -0.4 is 10.1 Å². The fraction of sp³-hybridized carbons (Fsp3) is 0.333. The second-order valence-electron chi connectivity index (χ2n) is 7.15. The Hall–Kier alpha value is -2.53. The Balaban J connectivity index is 2.05. The van der Waals surface area contributed by atoms with Crippen LogP contribution in [-0.2, 0) is 11.2 Å². The quantitative estimate of drug-likeness (QED) is 0.699. The van der Waals surface area contributed by atoms with E-state index in [0.717, 1.165) is 5.56 Å². The van der Waals surface area contributed by atoms with Crippen molar-refractivity contribution in [3.8, 4) is 5.75 Å². The normalized spacial score (nSPS) is 12.1. The average molecular weight is 390 g/mol. The van der Waals surface area contributed by atoms with Gasteiger partial charge < -0.3 is 14.8 Å². The summed E-state index contributed by atoms with van der Waals surface area (Å²) in [5, 5.41) is 3.18. The maximum Gasteiger partial charge on any atom is 0.408 e. The molecule has 0 saturated carbocycles. The van der Waals surface area contributed by atoms with Crippen LogP contribution in [0.3, 0.4) is 0 Å². The zero-order chi connectivity index (χ0) is 19.9. The fourth-order valence-corrected chi connectivity index (χ4v) is 2.63. The molecule has 2 aromatic carbocycles. The SMILES string of the molecule is CC(C)(C)OC(=O)NC(COc1ccc(C=O)c(Cl)c1)Cc1ccccc1. The summed E-state index contributed by atoms with van der Waals surface area (Å²) in [4.78, 5) is 23.0. The van der Waals surface area contributed by atoms with Crippen LogP contribution in [0.15, 0.2) is 48.5 Å². The lowest BCUT2D eigenvalue weighted by molar-refractivity contribution is 0.0487. The Morgan fingerprint density at radius 2 is 1.89 bits per heavy atom. The van der Waals surface area contributed by atoms with Crippen LogP contribution in [0.2, 0.25) is 5.02 Å². The second-order valence-corrected chi connectivity index (χ2v) is 7.55. The number of rotatable bonds is 7. The lowest BCUT2D eigenvalue weighted by Crippen LogP contribution is -2.43. The second kappa shape index (κ2) is 9.42. The molecule has 0 aliphatic rings. The Morgan fingerprint density at radius 3 is 2.48 bits per heavy atom. The van der Waals surface area contributed by atoms with Crippen molar-refractivity contribution in [3.05, 3.63) is 64.7 Å². The van der Waals surface area contributed by atoms with Gasteiger partial charge in [-0.3, -0.25) is 4.79 Å². The third-order valence-corrected chi connectivity index (χ3v) is 3.92. The van der Waals surface area contributed by atoms with Crippen LogP contribution in [0.1, 0.15) is 36.7 Å². The number of ether oxygens (including phenoxy) is 2. The number of carbonyl (C=O) groups is 2. The summed E-state index contributed by atoms with van der Waals surface area (Å²) in [6, 6.07) is 14.3. The molecule has 0 spiro atoms. The molecule has 6 heteroatoms. The number of halogens is 1. The van der Waals surface area contributed by atoms with E-state index in [1.165, 1.54) is 0 Å². The molecule has 1 unspecified atom stereocenters. The summed E-state index contributed by atoms with van der Waals surface area (Å²) in [7, 11) is 0. The van der Waals surface area contributed by atoms with Crippen molar-refractivity contribution in [2.45, 2.75) is 38.8 Å². The predicted octanol–water partition coefficient (Wildman–Crippen LogP) is 4.67. The van der Waals surface area contributed by atoms with Crippen molar-refractivity contribution in [1.82, 2.24) is 5.32 Å². The van der Waals surface area contributed by atoms with Gasteiger partial charge in [-0.25, -0.2) is 4.79 Å². The molecule has 1 amide bonds. The molecule has 144 valence electrons. The average Bonchev–Trinajstić information content (AvgIpc) is 2.59. The minimum atomic E-state index is -0.583. The first-order chi connectivity index (χ1) is 12.8. The Labute approximate surface area is 164 Å². The van der Waals surface area contributed by atoms with Crippen LogP contribution in [0.5, 0.6) is 5.75 Å². The molecule has 0 aromatic heterocycles. The Morgan fingerprint density at radius 1 is 1.19 bits per heavy atom. The van der Waals surface area contributed by atoms with Crippen molar-refractivity contribution >= 4 is 24.0 Å². The van der Waals surface area contributed by atoms with Gasteiger partial charge in [-0.1, -0.05) is 41.9 Å². The minimum Gasteiger partial charge on any atom is -0.491 e. The number of hydrogen-bond donors (Lipinski definition) is 1. The van der Waals surface area contributed by atoms with Gasteiger partial charge >= 0.3 is 6.09 Å². The summed E-state index contributed by atoms with van der Waals surface area (Å²) in [6.45, 7) is 5.66. The van der Waals surface area contributed by atoms with Gasteiger partial charge in [0.25, 0.3) is 0 Å². The molecule has 27 heavy (non-hydrogen) atoms. The van der Waals surface area contributed by atoms with Crippen LogP contribution in [0.4, 0.5) is 4.79 Å². The van der Waals surface area contributed by atoms with Gasteiger partial charge in [-0.2, -0.15) is 0 Å². The lowest BCUT2D eigenvalue weighted by atomic mass is 10.1. The van der Waals surface area contributed by atoms with Crippen LogP contribution >= 0.6 is 11.6 Å². The minimum absolute atomic E-state index is 0.227. The highest BCUT2D eigenvalue weighted by Crippen LogP contribution is 2.21. The lowest BCUT2D eigenvalue weighted by Gasteiger charge is -2.24. The van der Waals surface area contributed by atoms with E-state index < -0.39 is 11.7 Å². The number of amides is 1. The van der Waals surface area contributed by atoms with Crippen LogP contribution in [0.25, 0.3) is 0 Å². The summed E-state index contributed by atoms with van der Waals surface area (Å²) < 4.78 is 11.1. The first-order valence-corrected chi connectivity index (χ1v) is 9.05. The van der Waals surface area contributed by atoms with Gasteiger partial charge in [0.05, 0.1) is 11.1 Å². The van der Waals surface area contributed by atoms with Gasteiger partial charge in [0.1, 0.15) is 18.0 Å². The standard InChI is InChI=1S/C21H24ClNO4/c1-21(2,3)27-20(25)23-17(11-15-7-5-4-6-8-15)14-26-18-10-9-16(13-24)19(22)12-18/h4-10,12-13,17H,11,14H2,1-3H3,(H,23,25). The molecular weight excluding hydrogens is 366 g/mol. The first kappa shape index (κ1) is 20.8. The molecule has 5 nitrogen and oxygen atoms in total. The van der Waals surface area contributed by atoms with E-state index in [4.69, 9.17) is 21.1 Å². The fourth-order valence-electron chi connectivity index (χ4n) is 2.41. The van der Waals surface area contributed by atoms with Crippen molar-refractivity contribution in [2.24, 2.45) is 0 Å². The van der Waals surface area contributed by atoms with E-state index >= 15 is 0 Å². The van der Waals surface area contributed by atoms with Gasteiger partial charge in [0, 0.05) is 5.56 Å². The van der Waals surface area contributed by atoms with Gasteiger partial charge in [0.2, 0.25) is 0 Å². The predicted molar refractivity (Wildman–Crippen MR) is 106 cm³/mol. The van der Waals surface area contributed by atoms with Crippen LogP contribution in [-0.4, -0.2) is 30.6 Å². The molecule has 0 radical (unpaired) electrons. The van der Waals surface area contributed by atoms with Gasteiger partial charge in [-0.05, 0) is 51.0 Å². The third-order valence-electron chi connectivity index (χ3n) is 3.60. The Bertz CT molecular complexity index is 771. The smallest absolute Gasteiger partial charge is 0.408 e. The van der Waals surface area contributed by atoms with Crippen molar-refractivity contribution in [2.75, 3.05) is 6.61 Å². The molecule has 0 fully saturated rings. The monoisotopic (exact) mass is 389 g/mol. The van der Waals surface area contributed by atoms with E-state index in [2.05, 4.69) is 5.32 Å². The van der Waals surface area contributed by atoms with Crippen LogP contribution in [0, 0.1) is 0 Å². The number of alkyl carbamates (subject to hydrolysis) is 1. The highest BCUT2D eigenvalue weighted by molar-refractivity contribution is 6.33. The number of benzene rings is 2. The van der Waals surface area contributed by atoms with Crippen molar-refractivity contribution in [1.29, 1.82) is 0 Å². The van der Waals surface area contributed by atoms with Gasteiger partial charge in [0.15, 0.2) is 6.29 Å². The largest absolute Gasteiger partial charge is 0.491 e. The highest BCUT2D eigenvalue weighted by Gasteiger charge is 2.20. The summed E-state index contributed by atoms with van der Waals surface area (Å²) in [5.74, 6) is 0.523.